The number of carbonyl (C=O) groups is 1. The van der Waals surface area contributed by atoms with Gasteiger partial charge in [-0.15, -0.1) is 11.8 Å². The van der Waals surface area contributed by atoms with Crippen molar-refractivity contribution < 1.29 is 4.79 Å². The molecule has 0 unspecified atom stereocenters. The Bertz CT molecular complexity index is 696. The van der Waals surface area contributed by atoms with Gasteiger partial charge in [-0.1, -0.05) is 61.3 Å². The number of thioether (sulfide) groups is 1. The minimum Gasteiger partial charge on any atom is -0.325 e. The second kappa shape index (κ2) is 8.09. The number of hydrogen-bond acceptors (Lipinski definition) is 2. The molecule has 0 aliphatic carbocycles. The molecule has 0 heterocycles. The van der Waals surface area contributed by atoms with Gasteiger partial charge in [0.15, 0.2) is 0 Å². The molecule has 23 heavy (non-hydrogen) atoms. The maximum Gasteiger partial charge on any atom is 0.234 e. The topological polar surface area (TPSA) is 29.1 Å². The lowest BCUT2D eigenvalue weighted by atomic mass is 9.98. The van der Waals surface area contributed by atoms with E-state index in [4.69, 9.17) is 23.2 Å². The number of para-hydroxylation sites is 1. The second-order valence-corrected chi connectivity index (χ2v) is 7.38. The number of halogens is 2. The van der Waals surface area contributed by atoms with Gasteiger partial charge in [0, 0.05) is 10.6 Å². The van der Waals surface area contributed by atoms with Crippen LogP contribution in [0.3, 0.4) is 0 Å². The van der Waals surface area contributed by atoms with Crippen LogP contribution in [0, 0.1) is 6.92 Å². The van der Waals surface area contributed by atoms with Crippen molar-refractivity contribution in [1.29, 1.82) is 0 Å². The van der Waals surface area contributed by atoms with Gasteiger partial charge in [0.05, 0.1) is 15.8 Å². The van der Waals surface area contributed by atoms with E-state index in [0.717, 1.165) is 21.7 Å². The first kappa shape index (κ1) is 18.2. The Hall–Kier alpha value is -1.16. The fraction of sp³-hybridized carbons (Fsp3) is 0.278. The van der Waals surface area contributed by atoms with E-state index in [2.05, 4.69) is 19.2 Å². The van der Waals surface area contributed by atoms with Gasteiger partial charge in [-0.2, -0.15) is 0 Å². The van der Waals surface area contributed by atoms with Crippen molar-refractivity contribution in [2.24, 2.45) is 0 Å². The van der Waals surface area contributed by atoms with Gasteiger partial charge in [0.1, 0.15) is 0 Å². The summed E-state index contributed by atoms with van der Waals surface area (Å²) in [4.78, 5) is 13.1. The molecule has 0 saturated carbocycles. The minimum atomic E-state index is -0.0674. The van der Waals surface area contributed by atoms with Crippen LogP contribution in [0.25, 0.3) is 0 Å². The van der Waals surface area contributed by atoms with E-state index in [-0.39, 0.29) is 11.7 Å². The molecule has 5 heteroatoms. The van der Waals surface area contributed by atoms with Crippen LogP contribution in [0.5, 0.6) is 0 Å². The van der Waals surface area contributed by atoms with Crippen LogP contribution in [0.1, 0.15) is 30.9 Å². The number of anilines is 1. The van der Waals surface area contributed by atoms with E-state index >= 15 is 0 Å². The lowest BCUT2D eigenvalue weighted by Crippen LogP contribution is -2.16. The molecule has 0 fully saturated rings. The van der Waals surface area contributed by atoms with Crippen molar-refractivity contribution in [3.05, 3.63) is 57.6 Å². The second-order valence-electron chi connectivity index (χ2n) is 5.58. The number of nitrogens with one attached hydrogen (secondary N) is 1. The lowest BCUT2D eigenvalue weighted by molar-refractivity contribution is -0.113. The van der Waals surface area contributed by atoms with Crippen molar-refractivity contribution in [1.82, 2.24) is 0 Å². The third-order valence-electron chi connectivity index (χ3n) is 3.46. The summed E-state index contributed by atoms with van der Waals surface area (Å²) in [6.45, 7) is 6.23. The third kappa shape index (κ3) is 4.66. The summed E-state index contributed by atoms with van der Waals surface area (Å²) in [5.41, 5.74) is 3.10. The quantitative estimate of drug-likeness (QED) is 0.641. The summed E-state index contributed by atoms with van der Waals surface area (Å²) >= 11 is 13.6. The SMILES string of the molecule is Cc1cccc(C(C)C)c1NC(=O)CSc1c(Cl)cccc1Cl. The van der Waals surface area contributed by atoms with Gasteiger partial charge in [-0.3, -0.25) is 4.79 Å². The van der Waals surface area contributed by atoms with Crippen molar-refractivity contribution in [2.45, 2.75) is 31.6 Å². The average Bonchev–Trinajstić information content (AvgIpc) is 2.48. The van der Waals surface area contributed by atoms with Crippen LogP contribution in [0.4, 0.5) is 5.69 Å². The largest absolute Gasteiger partial charge is 0.325 e. The van der Waals surface area contributed by atoms with Crippen LogP contribution in [0.2, 0.25) is 10.0 Å². The zero-order valence-corrected chi connectivity index (χ0v) is 15.6. The molecule has 2 nitrogen and oxygen atoms in total. The molecule has 0 aromatic heterocycles. The fourth-order valence-corrected chi connectivity index (χ4v) is 3.76. The minimum absolute atomic E-state index is 0.0674. The molecule has 122 valence electrons. The maximum absolute atomic E-state index is 12.3. The molecule has 0 bridgehead atoms. The molecule has 2 aromatic rings. The van der Waals surface area contributed by atoms with Crippen molar-refractivity contribution in [3.63, 3.8) is 0 Å². The molecular formula is C18H19Cl2NOS. The molecule has 1 N–H and O–H groups in total. The van der Waals surface area contributed by atoms with E-state index in [0.29, 0.717) is 16.0 Å². The van der Waals surface area contributed by atoms with Gasteiger partial charge in [0.25, 0.3) is 0 Å². The van der Waals surface area contributed by atoms with Crippen LogP contribution < -0.4 is 5.32 Å². The van der Waals surface area contributed by atoms with Gasteiger partial charge in [-0.05, 0) is 36.1 Å². The summed E-state index contributed by atoms with van der Waals surface area (Å²) < 4.78 is 0. The predicted molar refractivity (Wildman–Crippen MR) is 101 cm³/mol. The Morgan fingerprint density at radius 3 is 2.35 bits per heavy atom. The van der Waals surface area contributed by atoms with E-state index < -0.39 is 0 Å². The normalized spacial score (nSPS) is 10.9. The Morgan fingerprint density at radius 1 is 1.13 bits per heavy atom. The zero-order valence-electron chi connectivity index (χ0n) is 13.3. The van der Waals surface area contributed by atoms with Crippen LogP contribution >= 0.6 is 35.0 Å². The average molecular weight is 368 g/mol. The first-order valence-electron chi connectivity index (χ1n) is 7.36. The van der Waals surface area contributed by atoms with Crippen LogP contribution in [-0.2, 0) is 4.79 Å². The zero-order chi connectivity index (χ0) is 17.0. The molecular weight excluding hydrogens is 349 g/mol. The Kier molecular flexibility index (Phi) is 6.40. The summed E-state index contributed by atoms with van der Waals surface area (Å²) in [7, 11) is 0. The number of carbonyl (C=O) groups excluding carboxylic acids is 1. The van der Waals surface area contributed by atoms with Gasteiger partial charge >= 0.3 is 0 Å². The smallest absolute Gasteiger partial charge is 0.234 e. The standard InChI is InChI=1S/C18H19Cl2NOS/c1-11(2)13-7-4-6-12(3)17(13)21-16(22)10-23-18-14(19)8-5-9-15(18)20/h4-9,11H,10H2,1-3H3,(H,21,22). The van der Waals surface area contributed by atoms with E-state index in [9.17, 15) is 4.79 Å². The number of benzene rings is 2. The first-order valence-corrected chi connectivity index (χ1v) is 9.10. The predicted octanol–water partition coefficient (Wildman–Crippen LogP) is 6.16. The highest BCUT2D eigenvalue weighted by molar-refractivity contribution is 8.00. The molecule has 0 aliphatic heterocycles. The molecule has 0 atom stereocenters. The van der Waals surface area contributed by atoms with Crippen LogP contribution in [0.15, 0.2) is 41.3 Å². The van der Waals surface area contributed by atoms with Crippen molar-refractivity contribution in [3.8, 4) is 0 Å². The highest BCUT2D eigenvalue weighted by atomic mass is 35.5. The summed E-state index contributed by atoms with van der Waals surface area (Å²) in [5, 5.41) is 4.15. The van der Waals surface area contributed by atoms with Gasteiger partial charge in [0.2, 0.25) is 5.91 Å². The number of rotatable bonds is 5. The van der Waals surface area contributed by atoms with E-state index in [1.54, 1.807) is 18.2 Å². The summed E-state index contributed by atoms with van der Waals surface area (Å²) in [6, 6.07) is 11.4. The Labute approximate surface area is 151 Å². The van der Waals surface area contributed by atoms with Crippen LogP contribution in [-0.4, -0.2) is 11.7 Å². The molecule has 0 radical (unpaired) electrons. The first-order chi connectivity index (χ1) is 10.9. The fourth-order valence-electron chi connectivity index (χ4n) is 2.28. The highest BCUT2D eigenvalue weighted by Gasteiger charge is 2.13. The highest BCUT2D eigenvalue weighted by Crippen LogP contribution is 2.34. The monoisotopic (exact) mass is 367 g/mol. The van der Waals surface area contributed by atoms with Gasteiger partial charge < -0.3 is 5.32 Å². The molecule has 2 aromatic carbocycles. The Balaban J connectivity index is 2.09. The number of aryl methyl sites for hydroxylation is 1. The van der Waals surface area contributed by atoms with E-state index in [1.807, 2.05) is 25.1 Å². The third-order valence-corrected chi connectivity index (χ3v) is 5.45. The number of hydrogen-bond donors (Lipinski definition) is 1. The maximum atomic E-state index is 12.3. The molecule has 2 rings (SSSR count). The van der Waals surface area contributed by atoms with Gasteiger partial charge in [-0.25, -0.2) is 0 Å². The van der Waals surface area contributed by atoms with E-state index in [1.165, 1.54) is 11.8 Å². The molecule has 0 spiro atoms. The molecule has 1 amide bonds. The van der Waals surface area contributed by atoms with Crippen molar-refractivity contribution in [2.75, 3.05) is 11.1 Å². The number of amides is 1. The molecule has 0 saturated heterocycles. The summed E-state index contributed by atoms with van der Waals surface area (Å²) in [6.07, 6.45) is 0. The molecule has 0 aliphatic rings. The summed E-state index contributed by atoms with van der Waals surface area (Å²) in [5.74, 6) is 0.535. The Morgan fingerprint density at radius 2 is 1.74 bits per heavy atom. The van der Waals surface area contributed by atoms with Crippen molar-refractivity contribution >= 4 is 46.6 Å². The lowest BCUT2D eigenvalue weighted by Gasteiger charge is -2.16.